The van der Waals surface area contributed by atoms with Gasteiger partial charge in [0.25, 0.3) is 0 Å². The summed E-state index contributed by atoms with van der Waals surface area (Å²) >= 11 is 1.93. The third kappa shape index (κ3) is 4.18. The van der Waals surface area contributed by atoms with Crippen LogP contribution in [0.3, 0.4) is 0 Å². The van der Waals surface area contributed by atoms with Crippen LogP contribution in [0, 0.1) is 5.92 Å². The summed E-state index contributed by atoms with van der Waals surface area (Å²) in [6, 6.07) is 0. The minimum atomic E-state index is 0.723. The summed E-state index contributed by atoms with van der Waals surface area (Å²) in [7, 11) is 2.23. The van der Waals surface area contributed by atoms with E-state index in [1.807, 2.05) is 11.8 Å². The quantitative estimate of drug-likeness (QED) is 0.834. The molecule has 0 aromatic rings. The van der Waals surface area contributed by atoms with Crippen molar-refractivity contribution in [1.82, 2.24) is 10.2 Å². The standard InChI is InChI=1S/C13H25N3S/c1-3-12-10-15-13(17-12)14-7-4-11-5-8-16(2)9-6-11/h11-12H,3-10H2,1-2H3,(H,14,15). The number of nitrogens with one attached hydrogen (secondary N) is 1. The Balaban J connectivity index is 1.57. The number of aliphatic imine (C=N–C) groups is 1. The van der Waals surface area contributed by atoms with Crippen molar-refractivity contribution in [2.75, 3.05) is 33.2 Å². The number of piperidine rings is 1. The Labute approximate surface area is 109 Å². The molecule has 0 aromatic carbocycles. The maximum atomic E-state index is 4.54. The van der Waals surface area contributed by atoms with Gasteiger partial charge in [-0.05, 0) is 51.7 Å². The third-order valence-electron chi connectivity index (χ3n) is 3.84. The largest absolute Gasteiger partial charge is 0.365 e. The molecule has 1 saturated heterocycles. The van der Waals surface area contributed by atoms with Gasteiger partial charge < -0.3 is 10.2 Å². The van der Waals surface area contributed by atoms with E-state index in [4.69, 9.17) is 0 Å². The highest BCUT2D eigenvalue weighted by Crippen LogP contribution is 2.23. The summed E-state index contributed by atoms with van der Waals surface area (Å²) < 4.78 is 0. The van der Waals surface area contributed by atoms with Crippen LogP contribution in [0.5, 0.6) is 0 Å². The first kappa shape index (κ1) is 13.2. The first-order chi connectivity index (χ1) is 8.28. The number of likely N-dealkylation sites (tertiary alicyclic amines) is 1. The zero-order valence-electron chi connectivity index (χ0n) is 11.1. The molecule has 1 N–H and O–H groups in total. The number of rotatable bonds is 4. The third-order valence-corrected chi connectivity index (χ3v) is 5.15. The van der Waals surface area contributed by atoms with E-state index in [9.17, 15) is 0 Å². The van der Waals surface area contributed by atoms with E-state index in [0.29, 0.717) is 0 Å². The highest BCUT2D eigenvalue weighted by atomic mass is 32.2. The molecule has 1 fully saturated rings. The Morgan fingerprint density at radius 1 is 1.41 bits per heavy atom. The minimum absolute atomic E-state index is 0.723. The van der Waals surface area contributed by atoms with Crippen LogP contribution in [0.15, 0.2) is 4.99 Å². The number of amidine groups is 1. The molecule has 17 heavy (non-hydrogen) atoms. The van der Waals surface area contributed by atoms with E-state index in [-0.39, 0.29) is 0 Å². The molecule has 0 aromatic heterocycles. The highest BCUT2D eigenvalue weighted by molar-refractivity contribution is 8.14. The average Bonchev–Trinajstić information content (AvgIpc) is 2.80. The summed E-state index contributed by atoms with van der Waals surface area (Å²) in [5.74, 6) is 0.924. The molecular formula is C13H25N3S. The molecule has 0 aliphatic carbocycles. The number of hydrogen-bond acceptors (Lipinski definition) is 4. The van der Waals surface area contributed by atoms with Crippen LogP contribution in [0.25, 0.3) is 0 Å². The predicted octanol–water partition coefficient (Wildman–Crippen LogP) is 2.19. The van der Waals surface area contributed by atoms with Crippen molar-refractivity contribution in [3.8, 4) is 0 Å². The maximum absolute atomic E-state index is 4.54. The van der Waals surface area contributed by atoms with E-state index in [1.54, 1.807) is 0 Å². The molecule has 0 saturated carbocycles. The Morgan fingerprint density at radius 3 is 2.82 bits per heavy atom. The first-order valence-corrected chi connectivity index (χ1v) is 7.79. The second kappa shape index (κ2) is 6.64. The Morgan fingerprint density at radius 2 is 2.18 bits per heavy atom. The summed E-state index contributed by atoms with van der Waals surface area (Å²) in [6.45, 7) is 6.92. The molecule has 0 amide bonds. The van der Waals surface area contributed by atoms with E-state index >= 15 is 0 Å². The van der Waals surface area contributed by atoms with Crippen LogP contribution in [0.1, 0.15) is 32.6 Å². The number of thioether (sulfide) groups is 1. The van der Waals surface area contributed by atoms with Gasteiger partial charge in [0.2, 0.25) is 0 Å². The van der Waals surface area contributed by atoms with E-state index in [2.05, 4.69) is 29.2 Å². The van der Waals surface area contributed by atoms with Crippen LogP contribution in [-0.2, 0) is 0 Å². The predicted molar refractivity (Wildman–Crippen MR) is 76.8 cm³/mol. The van der Waals surface area contributed by atoms with Crippen LogP contribution in [0.4, 0.5) is 0 Å². The van der Waals surface area contributed by atoms with Crippen molar-refractivity contribution < 1.29 is 0 Å². The van der Waals surface area contributed by atoms with Crippen molar-refractivity contribution in [3.63, 3.8) is 0 Å². The smallest absolute Gasteiger partial charge is 0.156 e. The Hall–Kier alpha value is -0.220. The summed E-state index contributed by atoms with van der Waals surface area (Å²) in [6.07, 6.45) is 5.28. The summed E-state index contributed by atoms with van der Waals surface area (Å²) in [4.78, 5) is 6.98. The minimum Gasteiger partial charge on any atom is -0.365 e. The lowest BCUT2D eigenvalue weighted by atomic mass is 9.94. The van der Waals surface area contributed by atoms with E-state index < -0.39 is 0 Å². The van der Waals surface area contributed by atoms with Gasteiger partial charge in [0, 0.05) is 11.8 Å². The van der Waals surface area contributed by atoms with Crippen LogP contribution < -0.4 is 5.32 Å². The van der Waals surface area contributed by atoms with Gasteiger partial charge in [0.1, 0.15) is 0 Å². The van der Waals surface area contributed by atoms with Crippen molar-refractivity contribution in [2.24, 2.45) is 10.9 Å². The van der Waals surface area contributed by atoms with Gasteiger partial charge in [0.15, 0.2) is 5.17 Å². The van der Waals surface area contributed by atoms with Crippen molar-refractivity contribution in [2.45, 2.75) is 37.9 Å². The van der Waals surface area contributed by atoms with E-state index in [1.165, 1.54) is 43.9 Å². The lowest BCUT2D eigenvalue weighted by molar-refractivity contribution is 0.213. The molecule has 1 atom stereocenters. The fourth-order valence-corrected chi connectivity index (χ4v) is 3.43. The normalized spacial score (nSPS) is 27.2. The van der Waals surface area contributed by atoms with Crippen molar-refractivity contribution >= 4 is 16.9 Å². The summed E-state index contributed by atoms with van der Waals surface area (Å²) in [5.41, 5.74) is 0. The van der Waals surface area contributed by atoms with Gasteiger partial charge in [-0.15, -0.1) is 0 Å². The molecule has 2 aliphatic rings. The van der Waals surface area contributed by atoms with Gasteiger partial charge in [0.05, 0.1) is 6.54 Å². The van der Waals surface area contributed by atoms with Crippen LogP contribution in [0.2, 0.25) is 0 Å². The number of nitrogens with zero attached hydrogens (tertiary/aromatic N) is 2. The Kier molecular flexibility index (Phi) is 5.16. The fraction of sp³-hybridized carbons (Fsp3) is 0.923. The molecular weight excluding hydrogens is 230 g/mol. The van der Waals surface area contributed by atoms with Gasteiger partial charge in [-0.25, -0.2) is 0 Å². The van der Waals surface area contributed by atoms with Crippen LogP contribution in [-0.4, -0.2) is 48.5 Å². The molecule has 2 heterocycles. The molecule has 0 radical (unpaired) electrons. The molecule has 2 aliphatic heterocycles. The maximum Gasteiger partial charge on any atom is 0.156 e. The molecule has 98 valence electrons. The topological polar surface area (TPSA) is 27.6 Å². The highest BCUT2D eigenvalue weighted by Gasteiger charge is 2.19. The van der Waals surface area contributed by atoms with E-state index in [0.717, 1.165) is 24.3 Å². The number of hydrogen-bond donors (Lipinski definition) is 1. The zero-order chi connectivity index (χ0) is 12.1. The van der Waals surface area contributed by atoms with Crippen molar-refractivity contribution in [3.05, 3.63) is 0 Å². The molecule has 2 rings (SSSR count). The zero-order valence-corrected chi connectivity index (χ0v) is 11.9. The second-order valence-corrected chi connectivity index (χ2v) is 6.55. The van der Waals surface area contributed by atoms with Gasteiger partial charge >= 0.3 is 0 Å². The lowest BCUT2D eigenvalue weighted by Gasteiger charge is -2.28. The fourth-order valence-electron chi connectivity index (χ4n) is 2.46. The van der Waals surface area contributed by atoms with Crippen LogP contribution >= 0.6 is 11.8 Å². The molecule has 0 spiro atoms. The first-order valence-electron chi connectivity index (χ1n) is 6.91. The second-order valence-electron chi connectivity index (χ2n) is 5.26. The molecule has 4 heteroatoms. The molecule has 1 unspecified atom stereocenters. The van der Waals surface area contributed by atoms with Gasteiger partial charge in [-0.3, -0.25) is 4.99 Å². The van der Waals surface area contributed by atoms with Gasteiger partial charge in [-0.1, -0.05) is 18.7 Å². The molecule has 3 nitrogen and oxygen atoms in total. The summed E-state index contributed by atoms with van der Waals surface area (Å²) in [5, 5.41) is 5.41. The average molecular weight is 255 g/mol. The SMILES string of the molecule is CCC1CN=C(NCCC2CCN(C)CC2)S1. The lowest BCUT2D eigenvalue weighted by Crippen LogP contribution is -2.32. The van der Waals surface area contributed by atoms with Gasteiger partial charge in [-0.2, -0.15) is 0 Å². The monoisotopic (exact) mass is 255 g/mol. The Bertz CT molecular complexity index is 259. The van der Waals surface area contributed by atoms with Crippen molar-refractivity contribution in [1.29, 1.82) is 0 Å². The molecule has 0 bridgehead atoms.